The first-order valence-corrected chi connectivity index (χ1v) is 7.59. The number of hydrogen-bond donors (Lipinski definition) is 1. The Balaban J connectivity index is 2.34. The highest BCUT2D eigenvalue weighted by molar-refractivity contribution is 9.10. The van der Waals surface area contributed by atoms with E-state index in [1.807, 2.05) is 17.2 Å². The molecule has 2 N–H and O–H groups in total. The van der Waals surface area contributed by atoms with Crippen molar-refractivity contribution >= 4 is 33.2 Å². The number of amides is 1. The maximum atomic E-state index is 12.0. The average molecular weight is 317 g/mol. The number of carbonyl (C=O) groups excluding carboxylic acids is 1. The highest BCUT2D eigenvalue weighted by Gasteiger charge is 2.32. The molecule has 1 aliphatic rings. The zero-order chi connectivity index (χ0) is 12.4. The molecule has 0 bridgehead atoms. The quantitative estimate of drug-likeness (QED) is 0.911. The predicted octanol–water partition coefficient (Wildman–Crippen LogP) is 2.91. The van der Waals surface area contributed by atoms with Crippen molar-refractivity contribution in [2.45, 2.75) is 38.3 Å². The van der Waals surface area contributed by atoms with Gasteiger partial charge in [0.1, 0.15) is 0 Å². The molecule has 94 valence electrons. The molecule has 2 rings (SSSR count). The summed E-state index contributed by atoms with van der Waals surface area (Å²) in [5.41, 5.74) is 6.25. The SMILES string of the molecule is CCN1C(=O)CCCC(N)C1c1cc(Br)cs1. The largest absolute Gasteiger partial charge is 0.334 e. The number of carbonyl (C=O) groups is 1. The van der Waals surface area contributed by atoms with Crippen LogP contribution in [0.5, 0.6) is 0 Å². The van der Waals surface area contributed by atoms with Gasteiger partial charge in [-0.05, 0) is 41.8 Å². The maximum Gasteiger partial charge on any atom is 0.223 e. The fraction of sp³-hybridized carbons (Fsp3) is 0.583. The number of nitrogens with zero attached hydrogens (tertiary/aromatic N) is 1. The molecule has 17 heavy (non-hydrogen) atoms. The summed E-state index contributed by atoms with van der Waals surface area (Å²) in [4.78, 5) is 15.2. The van der Waals surface area contributed by atoms with Crippen molar-refractivity contribution in [2.75, 3.05) is 6.54 Å². The summed E-state index contributed by atoms with van der Waals surface area (Å²) >= 11 is 5.13. The van der Waals surface area contributed by atoms with E-state index in [0.717, 1.165) is 23.9 Å². The summed E-state index contributed by atoms with van der Waals surface area (Å²) in [7, 11) is 0. The molecule has 2 heterocycles. The Labute approximate surface area is 114 Å². The Hall–Kier alpha value is -0.390. The number of likely N-dealkylation sites (N-methyl/N-ethyl adjacent to an activating group) is 1. The molecule has 5 heteroatoms. The van der Waals surface area contributed by atoms with Crippen LogP contribution in [0.15, 0.2) is 15.9 Å². The lowest BCUT2D eigenvalue weighted by Gasteiger charge is -2.32. The van der Waals surface area contributed by atoms with Crippen LogP contribution in [0, 0.1) is 0 Å². The molecular weight excluding hydrogens is 300 g/mol. The first-order chi connectivity index (χ1) is 8.13. The van der Waals surface area contributed by atoms with E-state index in [-0.39, 0.29) is 18.0 Å². The third-order valence-corrected chi connectivity index (χ3v) is 4.97. The second-order valence-electron chi connectivity index (χ2n) is 4.35. The van der Waals surface area contributed by atoms with E-state index in [0.29, 0.717) is 6.42 Å². The van der Waals surface area contributed by atoms with E-state index in [4.69, 9.17) is 5.73 Å². The Bertz CT molecular complexity index is 407. The van der Waals surface area contributed by atoms with Crippen molar-refractivity contribution < 1.29 is 4.79 Å². The number of hydrogen-bond acceptors (Lipinski definition) is 3. The molecule has 0 saturated carbocycles. The summed E-state index contributed by atoms with van der Waals surface area (Å²) < 4.78 is 1.07. The van der Waals surface area contributed by atoms with Crippen LogP contribution in [0.25, 0.3) is 0 Å². The van der Waals surface area contributed by atoms with Crippen LogP contribution in [0.4, 0.5) is 0 Å². The first-order valence-electron chi connectivity index (χ1n) is 5.92. The molecule has 0 radical (unpaired) electrons. The van der Waals surface area contributed by atoms with E-state index in [9.17, 15) is 4.79 Å². The fourth-order valence-electron chi connectivity index (χ4n) is 2.40. The van der Waals surface area contributed by atoms with Gasteiger partial charge in [0, 0.05) is 33.7 Å². The molecular formula is C12H17BrN2OS. The third kappa shape index (κ3) is 2.72. The average Bonchev–Trinajstić information content (AvgIpc) is 2.65. The van der Waals surface area contributed by atoms with Crippen molar-refractivity contribution in [3.63, 3.8) is 0 Å². The van der Waals surface area contributed by atoms with Gasteiger partial charge >= 0.3 is 0 Å². The van der Waals surface area contributed by atoms with E-state index in [1.54, 1.807) is 11.3 Å². The van der Waals surface area contributed by atoms with Crippen LogP contribution in [-0.2, 0) is 4.79 Å². The molecule has 2 atom stereocenters. The lowest BCUT2D eigenvalue weighted by Crippen LogP contribution is -2.41. The number of rotatable bonds is 2. The molecule has 1 fully saturated rings. The zero-order valence-corrected chi connectivity index (χ0v) is 12.3. The van der Waals surface area contributed by atoms with Gasteiger partial charge in [-0.2, -0.15) is 0 Å². The van der Waals surface area contributed by atoms with Crippen LogP contribution >= 0.6 is 27.3 Å². The molecule has 2 unspecified atom stereocenters. The maximum absolute atomic E-state index is 12.0. The lowest BCUT2D eigenvalue weighted by atomic mass is 10.0. The van der Waals surface area contributed by atoms with Crippen LogP contribution in [0.1, 0.15) is 37.1 Å². The second kappa shape index (κ2) is 5.50. The van der Waals surface area contributed by atoms with Crippen LogP contribution in [-0.4, -0.2) is 23.4 Å². The molecule has 1 aliphatic heterocycles. The summed E-state index contributed by atoms with van der Waals surface area (Å²) in [6.07, 6.45) is 2.45. The smallest absolute Gasteiger partial charge is 0.223 e. The molecule has 0 aromatic carbocycles. The predicted molar refractivity (Wildman–Crippen MR) is 74.0 cm³/mol. The molecule has 1 amide bonds. The van der Waals surface area contributed by atoms with Crippen LogP contribution in [0.3, 0.4) is 0 Å². The summed E-state index contributed by atoms with van der Waals surface area (Å²) in [5.74, 6) is 0.231. The molecule has 0 aliphatic carbocycles. The standard InChI is InChI=1S/C12H17BrN2OS/c1-2-15-11(16)5-3-4-9(14)12(15)10-6-8(13)7-17-10/h6-7,9,12H,2-5,14H2,1H3. The van der Waals surface area contributed by atoms with Crippen molar-refractivity contribution in [3.8, 4) is 0 Å². The van der Waals surface area contributed by atoms with Crippen molar-refractivity contribution in [1.29, 1.82) is 0 Å². The first kappa shape index (κ1) is 13.1. The highest BCUT2D eigenvalue weighted by Crippen LogP contribution is 2.34. The van der Waals surface area contributed by atoms with Gasteiger partial charge in [-0.15, -0.1) is 11.3 Å². The summed E-state index contributed by atoms with van der Waals surface area (Å²) in [6.45, 7) is 2.75. The van der Waals surface area contributed by atoms with Crippen molar-refractivity contribution in [1.82, 2.24) is 4.90 Å². The number of thiophene rings is 1. The van der Waals surface area contributed by atoms with Gasteiger partial charge < -0.3 is 10.6 Å². The van der Waals surface area contributed by atoms with Crippen LogP contribution < -0.4 is 5.73 Å². The van der Waals surface area contributed by atoms with Crippen molar-refractivity contribution in [3.05, 3.63) is 20.8 Å². The van der Waals surface area contributed by atoms with Gasteiger partial charge in [0.15, 0.2) is 0 Å². The van der Waals surface area contributed by atoms with Gasteiger partial charge in [0.2, 0.25) is 5.91 Å². The topological polar surface area (TPSA) is 46.3 Å². The Kier molecular flexibility index (Phi) is 4.22. The van der Waals surface area contributed by atoms with Crippen molar-refractivity contribution in [2.24, 2.45) is 5.73 Å². The van der Waals surface area contributed by atoms with E-state index < -0.39 is 0 Å². The number of nitrogens with two attached hydrogens (primary N) is 1. The minimum atomic E-state index is 0.0475. The monoisotopic (exact) mass is 316 g/mol. The minimum Gasteiger partial charge on any atom is -0.334 e. The molecule has 1 aromatic heterocycles. The van der Waals surface area contributed by atoms with Gasteiger partial charge in [-0.3, -0.25) is 4.79 Å². The van der Waals surface area contributed by atoms with Crippen LogP contribution in [0.2, 0.25) is 0 Å². The minimum absolute atomic E-state index is 0.0475. The van der Waals surface area contributed by atoms with Gasteiger partial charge in [0.05, 0.1) is 6.04 Å². The Morgan fingerprint density at radius 3 is 3.00 bits per heavy atom. The van der Waals surface area contributed by atoms with E-state index >= 15 is 0 Å². The number of halogens is 1. The van der Waals surface area contributed by atoms with Gasteiger partial charge in [-0.1, -0.05) is 0 Å². The van der Waals surface area contributed by atoms with E-state index in [1.165, 1.54) is 4.88 Å². The third-order valence-electron chi connectivity index (χ3n) is 3.21. The fourth-order valence-corrected chi connectivity index (χ4v) is 4.03. The normalized spacial score (nSPS) is 26.1. The molecule has 1 aromatic rings. The molecule has 3 nitrogen and oxygen atoms in total. The summed E-state index contributed by atoms with van der Waals surface area (Å²) in [5, 5.41) is 2.05. The number of likely N-dealkylation sites (tertiary alicyclic amines) is 1. The second-order valence-corrected chi connectivity index (χ2v) is 6.21. The lowest BCUT2D eigenvalue weighted by molar-refractivity contribution is -0.132. The molecule has 1 saturated heterocycles. The summed E-state index contributed by atoms with van der Waals surface area (Å²) in [6, 6.07) is 2.18. The Morgan fingerprint density at radius 1 is 1.65 bits per heavy atom. The van der Waals surface area contributed by atoms with Gasteiger partial charge in [0.25, 0.3) is 0 Å². The Morgan fingerprint density at radius 2 is 2.41 bits per heavy atom. The zero-order valence-electron chi connectivity index (χ0n) is 9.86. The van der Waals surface area contributed by atoms with E-state index in [2.05, 4.69) is 22.0 Å². The van der Waals surface area contributed by atoms with Gasteiger partial charge in [-0.25, -0.2) is 0 Å². The highest BCUT2D eigenvalue weighted by atomic mass is 79.9. The molecule has 0 spiro atoms.